The Morgan fingerprint density at radius 2 is 1.56 bits per heavy atom. The summed E-state index contributed by atoms with van der Waals surface area (Å²) in [5, 5.41) is 16.2. The molecule has 0 aromatic heterocycles. The zero-order valence-corrected chi connectivity index (χ0v) is 6.46. The molecule has 0 amide bonds. The van der Waals surface area contributed by atoms with Crippen LogP contribution in [0.25, 0.3) is 0 Å². The van der Waals surface area contributed by atoms with Gasteiger partial charge in [0.05, 0.1) is 0 Å². The van der Waals surface area contributed by atoms with Crippen molar-refractivity contribution in [1.29, 1.82) is 0 Å². The quantitative estimate of drug-likeness (QED) is 0.533. The normalized spacial score (nSPS) is 6.33. The summed E-state index contributed by atoms with van der Waals surface area (Å²) in [6, 6.07) is 0. The standard InChI is InChI=1S/C3H9BO2.C2H6.B/c1-2-3-4(5)6;1-2;/h5-6H,2-3H2,1H3;1-2H3;. The number of hydrogen-bond donors (Lipinski definition) is 2. The van der Waals surface area contributed by atoms with Crippen molar-refractivity contribution in [2.24, 2.45) is 0 Å². The Bertz CT molecular complexity index is 34.1. The van der Waals surface area contributed by atoms with Crippen molar-refractivity contribution in [1.82, 2.24) is 0 Å². The van der Waals surface area contributed by atoms with Crippen molar-refractivity contribution in [2.75, 3.05) is 0 Å². The maximum atomic E-state index is 8.11. The van der Waals surface area contributed by atoms with Gasteiger partial charge in [0, 0.05) is 8.41 Å². The lowest BCUT2D eigenvalue weighted by molar-refractivity contribution is 0.404. The largest absolute Gasteiger partial charge is 0.451 e. The molecule has 4 heteroatoms. The molecule has 2 N–H and O–H groups in total. The summed E-state index contributed by atoms with van der Waals surface area (Å²) in [6.07, 6.45) is 1.32. The summed E-state index contributed by atoms with van der Waals surface area (Å²) in [6.45, 7) is 5.90. The van der Waals surface area contributed by atoms with Gasteiger partial charge >= 0.3 is 7.12 Å². The van der Waals surface area contributed by atoms with Gasteiger partial charge in [0.25, 0.3) is 0 Å². The van der Waals surface area contributed by atoms with E-state index in [2.05, 4.69) is 0 Å². The highest BCUT2D eigenvalue weighted by Crippen LogP contribution is 1.86. The highest BCUT2D eigenvalue weighted by molar-refractivity contribution is 6.40. The molecule has 0 fully saturated rings. The van der Waals surface area contributed by atoms with Crippen LogP contribution in [0.3, 0.4) is 0 Å². The van der Waals surface area contributed by atoms with Crippen molar-refractivity contribution in [3.8, 4) is 0 Å². The third-order valence-electron chi connectivity index (χ3n) is 0.547. The molecular formula is C5H15B2O2. The van der Waals surface area contributed by atoms with Crippen molar-refractivity contribution in [3.63, 3.8) is 0 Å². The van der Waals surface area contributed by atoms with Gasteiger partial charge in [-0.25, -0.2) is 0 Å². The highest BCUT2D eigenvalue weighted by atomic mass is 16.4. The van der Waals surface area contributed by atoms with E-state index >= 15 is 0 Å². The van der Waals surface area contributed by atoms with Crippen molar-refractivity contribution in [2.45, 2.75) is 33.5 Å². The molecule has 0 aromatic rings. The second kappa shape index (κ2) is 15.7. The zero-order chi connectivity index (χ0) is 6.99. The molecule has 0 saturated carbocycles. The summed E-state index contributed by atoms with van der Waals surface area (Å²) >= 11 is 0. The molecule has 0 spiro atoms. The molecule has 0 heterocycles. The minimum Gasteiger partial charge on any atom is -0.427 e. The summed E-state index contributed by atoms with van der Waals surface area (Å²) in [5.41, 5.74) is 0. The molecule has 0 aliphatic heterocycles. The fraction of sp³-hybridized carbons (Fsp3) is 1.00. The van der Waals surface area contributed by atoms with Gasteiger partial charge in [0.1, 0.15) is 0 Å². The van der Waals surface area contributed by atoms with E-state index in [-0.39, 0.29) is 8.41 Å². The Kier molecular flexibility index (Phi) is 27.9. The lowest BCUT2D eigenvalue weighted by Gasteiger charge is -1.87. The highest BCUT2D eigenvalue weighted by Gasteiger charge is 2.00. The van der Waals surface area contributed by atoms with Gasteiger partial charge in [-0.1, -0.05) is 27.2 Å². The first-order valence-electron chi connectivity index (χ1n) is 3.13. The van der Waals surface area contributed by atoms with E-state index in [9.17, 15) is 0 Å². The van der Waals surface area contributed by atoms with Crippen LogP contribution in [0.1, 0.15) is 27.2 Å². The first-order chi connectivity index (χ1) is 3.77. The molecule has 2 nitrogen and oxygen atoms in total. The van der Waals surface area contributed by atoms with Crippen LogP contribution in [0.2, 0.25) is 6.32 Å². The Hall–Kier alpha value is 0.0499. The molecule has 3 radical (unpaired) electrons. The Balaban J connectivity index is -0.000000109. The van der Waals surface area contributed by atoms with Gasteiger partial charge in [0.2, 0.25) is 0 Å². The third kappa shape index (κ3) is 31.7. The van der Waals surface area contributed by atoms with Crippen LogP contribution in [0.15, 0.2) is 0 Å². The van der Waals surface area contributed by atoms with E-state index in [4.69, 9.17) is 10.0 Å². The van der Waals surface area contributed by atoms with Crippen LogP contribution < -0.4 is 0 Å². The molecule has 0 aromatic carbocycles. The van der Waals surface area contributed by atoms with E-state index < -0.39 is 7.12 Å². The van der Waals surface area contributed by atoms with Crippen molar-refractivity contribution in [3.05, 3.63) is 0 Å². The minimum atomic E-state index is -1.10. The number of hydrogen-bond acceptors (Lipinski definition) is 2. The predicted octanol–water partition coefficient (Wildman–Crippen LogP) is 0.515. The summed E-state index contributed by atoms with van der Waals surface area (Å²) in [4.78, 5) is 0. The Labute approximate surface area is 60.0 Å². The van der Waals surface area contributed by atoms with E-state index in [0.717, 1.165) is 6.42 Å². The first kappa shape index (κ1) is 16.0. The van der Waals surface area contributed by atoms with Gasteiger partial charge in [0.15, 0.2) is 0 Å². The zero-order valence-electron chi connectivity index (χ0n) is 6.46. The van der Waals surface area contributed by atoms with Crippen LogP contribution in [0, 0.1) is 0 Å². The molecule has 0 aliphatic rings. The molecule has 53 valence electrons. The average molecular weight is 129 g/mol. The Morgan fingerprint density at radius 1 is 1.22 bits per heavy atom. The molecule has 0 rings (SSSR count). The van der Waals surface area contributed by atoms with Gasteiger partial charge in [-0.15, -0.1) is 0 Å². The second-order valence-electron chi connectivity index (χ2n) is 1.27. The monoisotopic (exact) mass is 129 g/mol. The second-order valence-corrected chi connectivity index (χ2v) is 1.27. The van der Waals surface area contributed by atoms with Gasteiger partial charge in [-0.2, -0.15) is 0 Å². The van der Waals surface area contributed by atoms with E-state index in [1.807, 2.05) is 20.8 Å². The summed E-state index contributed by atoms with van der Waals surface area (Å²) < 4.78 is 0. The summed E-state index contributed by atoms with van der Waals surface area (Å²) in [7, 11) is -1.10. The minimum absolute atomic E-state index is 0. The van der Waals surface area contributed by atoms with Crippen LogP contribution in [0.5, 0.6) is 0 Å². The SMILES string of the molecule is CC.CCCB(O)O.[B]. The van der Waals surface area contributed by atoms with Crippen LogP contribution in [-0.4, -0.2) is 25.6 Å². The van der Waals surface area contributed by atoms with Crippen LogP contribution in [0.4, 0.5) is 0 Å². The van der Waals surface area contributed by atoms with Crippen LogP contribution in [-0.2, 0) is 0 Å². The first-order valence-corrected chi connectivity index (χ1v) is 3.13. The van der Waals surface area contributed by atoms with Gasteiger partial charge in [-0.3, -0.25) is 0 Å². The van der Waals surface area contributed by atoms with Crippen molar-refractivity contribution >= 4 is 15.5 Å². The average Bonchev–Trinajstić information content (AvgIpc) is 1.72. The number of rotatable bonds is 2. The topological polar surface area (TPSA) is 40.5 Å². The molecule has 0 unspecified atom stereocenters. The molecular weight excluding hydrogens is 114 g/mol. The van der Waals surface area contributed by atoms with Gasteiger partial charge in [-0.05, 0) is 6.32 Å². The fourth-order valence-electron chi connectivity index (χ4n) is 0.258. The lowest BCUT2D eigenvalue weighted by Crippen LogP contribution is -2.08. The van der Waals surface area contributed by atoms with E-state index in [1.54, 1.807) is 0 Å². The van der Waals surface area contributed by atoms with E-state index in [1.165, 1.54) is 0 Å². The molecule has 9 heavy (non-hydrogen) atoms. The lowest BCUT2D eigenvalue weighted by atomic mass is 9.85. The smallest absolute Gasteiger partial charge is 0.427 e. The van der Waals surface area contributed by atoms with Crippen molar-refractivity contribution < 1.29 is 10.0 Å². The van der Waals surface area contributed by atoms with Gasteiger partial charge < -0.3 is 10.0 Å². The maximum Gasteiger partial charge on any atom is 0.451 e. The molecule has 0 atom stereocenters. The molecule has 0 bridgehead atoms. The summed E-state index contributed by atoms with van der Waals surface area (Å²) in [5.74, 6) is 0. The molecule has 0 aliphatic carbocycles. The van der Waals surface area contributed by atoms with Crippen LogP contribution >= 0.6 is 0 Å². The fourth-order valence-corrected chi connectivity index (χ4v) is 0.258. The van der Waals surface area contributed by atoms with E-state index in [0.29, 0.717) is 6.32 Å². The Morgan fingerprint density at radius 3 is 1.56 bits per heavy atom. The predicted molar refractivity (Wildman–Crippen MR) is 42.4 cm³/mol. The third-order valence-corrected chi connectivity index (χ3v) is 0.547. The molecule has 0 saturated heterocycles. The maximum absolute atomic E-state index is 8.11.